The first kappa shape index (κ1) is 25.3. The number of sulfonamides is 1. The van der Waals surface area contributed by atoms with Crippen LogP contribution in [0, 0.1) is 5.82 Å². The summed E-state index contributed by atoms with van der Waals surface area (Å²) in [5.41, 5.74) is 9.94. The van der Waals surface area contributed by atoms with E-state index in [0.717, 1.165) is 16.5 Å². The van der Waals surface area contributed by atoms with Gasteiger partial charge in [-0.3, -0.25) is 4.79 Å². The Labute approximate surface area is 205 Å². The highest BCUT2D eigenvalue weighted by atomic mass is 32.2. The van der Waals surface area contributed by atoms with Crippen LogP contribution in [0.1, 0.15) is 61.0 Å². The number of nitrogens with two attached hydrogens (primary N) is 1. The lowest BCUT2D eigenvalue weighted by Crippen LogP contribution is -2.38. The molecular formula is C26H33FN4O3S. The minimum absolute atomic E-state index is 0.0956. The van der Waals surface area contributed by atoms with Crippen LogP contribution in [-0.2, 0) is 16.6 Å². The van der Waals surface area contributed by atoms with E-state index in [9.17, 15) is 17.6 Å². The molecule has 35 heavy (non-hydrogen) atoms. The van der Waals surface area contributed by atoms with E-state index in [0.29, 0.717) is 54.7 Å². The minimum Gasteiger partial charge on any atom is -0.366 e. The summed E-state index contributed by atoms with van der Waals surface area (Å²) in [6, 6.07) is 8.83. The number of carbonyl (C=O) groups is 1. The summed E-state index contributed by atoms with van der Waals surface area (Å²) in [7, 11) is -3.21. The lowest BCUT2D eigenvalue weighted by atomic mass is 9.88. The van der Waals surface area contributed by atoms with E-state index in [1.165, 1.54) is 12.1 Å². The van der Waals surface area contributed by atoms with E-state index in [2.05, 4.69) is 10.3 Å². The van der Waals surface area contributed by atoms with Gasteiger partial charge in [-0.25, -0.2) is 17.1 Å². The number of carbonyl (C=O) groups excluding carboxylic acids is 1. The van der Waals surface area contributed by atoms with Crippen LogP contribution in [-0.4, -0.2) is 48.5 Å². The zero-order valence-electron chi connectivity index (χ0n) is 20.4. The quantitative estimate of drug-likeness (QED) is 0.433. The molecule has 0 unspecified atom stereocenters. The Kier molecular flexibility index (Phi) is 7.30. The fourth-order valence-electron chi connectivity index (χ4n) is 4.82. The van der Waals surface area contributed by atoms with Crippen molar-refractivity contribution in [1.82, 2.24) is 14.6 Å². The maximum Gasteiger partial charge on any atom is 0.250 e. The van der Waals surface area contributed by atoms with Crippen molar-refractivity contribution in [1.29, 1.82) is 0 Å². The Morgan fingerprint density at radius 3 is 2.49 bits per heavy atom. The van der Waals surface area contributed by atoms with Gasteiger partial charge in [0.05, 0.1) is 16.8 Å². The van der Waals surface area contributed by atoms with Crippen LogP contribution in [0.4, 0.5) is 4.39 Å². The van der Waals surface area contributed by atoms with E-state index in [-0.39, 0.29) is 23.5 Å². The third-order valence-electron chi connectivity index (χ3n) is 6.74. The first-order valence-electron chi connectivity index (χ1n) is 12.0. The molecule has 4 N–H and O–H groups in total. The number of piperidine rings is 1. The van der Waals surface area contributed by atoms with Gasteiger partial charge < -0.3 is 16.0 Å². The van der Waals surface area contributed by atoms with Crippen molar-refractivity contribution in [3.8, 4) is 11.1 Å². The maximum absolute atomic E-state index is 14.5. The highest BCUT2D eigenvalue weighted by Crippen LogP contribution is 2.37. The molecule has 1 aliphatic rings. The number of amides is 1. The third kappa shape index (κ3) is 5.42. The molecule has 4 rings (SSSR count). The van der Waals surface area contributed by atoms with Gasteiger partial charge in [-0.1, -0.05) is 13.8 Å². The second kappa shape index (κ2) is 10.1. The molecular weight excluding hydrogens is 467 g/mol. The molecule has 0 atom stereocenters. The molecule has 0 aliphatic carbocycles. The number of halogens is 1. The van der Waals surface area contributed by atoms with Gasteiger partial charge in [-0.05, 0) is 78.3 Å². The van der Waals surface area contributed by atoms with E-state index in [1.807, 2.05) is 32.2 Å². The zero-order valence-corrected chi connectivity index (χ0v) is 21.2. The molecule has 0 saturated carbocycles. The fraction of sp³-hybridized carbons (Fsp3) is 0.423. The Morgan fingerprint density at radius 2 is 1.86 bits per heavy atom. The van der Waals surface area contributed by atoms with Crippen molar-refractivity contribution in [3.63, 3.8) is 0 Å². The molecule has 0 bridgehead atoms. The molecule has 9 heteroatoms. The van der Waals surface area contributed by atoms with E-state index < -0.39 is 15.9 Å². The SMILES string of the molecule is CCS(=O)(=O)N1CCC(c2c[nH]c3c(C(N)=O)cc(-c4cc(F)cc(CNC(C)C)c4)cc23)CC1. The van der Waals surface area contributed by atoms with Crippen LogP contribution in [0.3, 0.4) is 0 Å². The Balaban J connectivity index is 1.73. The average molecular weight is 501 g/mol. The number of nitrogens with one attached hydrogen (secondary N) is 2. The highest BCUT2D eigenvalue weighted by Gasteiger charge is 2.29. The molecule has 1 fully saturated rings. The molecule has 0 spiro atoms. The van der Waals surface area contributed by atoms with Gasteiger partial charge in [0.2, 0.25) is 10.0 Å². The van der Waals surface area contributed by atoms with Gasteiger partial charge in [-0.15, -0.1) is 0 Å². The predicted octanol–water partition coefficient (Wildman–Crippen LogP) is 4.10. The van der Waals surface area contributed by atoms with Crippen LogP contribution in [0.15, 0.2) is 36.5 Å². The lowest BCUT2D eigenvalue weighted by Gasteiger charge is -2.31. The predicted molar refractivity (Wildman–Crippen MR) is 137 cm³/mol. The van der Waals surface area contributed by atoms with Gasteiger partial charge in [0.25, 0.3) is 5.91 Å². The Hall–Kier alpha value is -2.75. The molecule has 1 aliphatic heterocycles. The van der Waals surface area contributed by atoms with Crippen LogP contribution in [0.5, 0.6) is 0 Å². The highest BCUT2D eigenvalue weighted by molar-refractivity contribution is 7.89. The number of nitrogens with zero attached hydrogens (tertiary/aromatic N) is 1. The summed E-state index contributed by atoms with van der Waals surface area (Å²) in [5.74, 6) is -0.672. The van der Waals surface area contributed by atoms with Crippen LogP contribution in [0.25, 0.3) is 22.0 Å². The van der Waals surface area contributed by atoms with Crippen molar-refractivity contribution in [2.45, 2.75) is 52.1 Å². The summed E-state index contributed by atoms with van der Waals surface area (Å²) >= 11 is 0. The summed E-state index contributed by atoms with van der Waals surface area (Å²) in [4.78, 5) is 15.5. The normalized spacial score (nSPS) is 15.8. The average Bonchev–Trinajstić information content (AvgIpc) is 3.25. The standard InChI is InChI=1S/C26H33FN4O3S/c1-4-35(33,34)31-7-5-18(6-8-31)24-15-30-25-22(24)12-20(13-23(25)26(28)32)19-9-17(10-21(27)11-19)14-29-16(2)3/h9-13,15-16,18,29-30H,4-8,14H2,1-3H3,(H2,28,32). The molecule has 1 saturated heterocycles. The lowest BCUT2D eigenvalue weighted by molar-refractivity contribution is 0.100. The summed E-state index contributed by atoms with van der Waals surface area (Å²) < 4.78 is 40.6. The van der Waals surface area contributed by atoms with E-state index in [4.69, 9.17) is 5.73 Å². The summed E-state index contributed by atoms with van der Waals surface area (Å²) in [6.45, 7) is 7.18. The number of fused-ring (bicyclic) bond motifs is 1. The monoisotopic (exact) mass is 500 g/mol. The van der Waals surface area contributed by atoms with Gasteiger partial charge in [-0.2, -0.15) is 0 Å². The topological polar surface area (TPSA) is 108 Å². The van der Waals surface area contributed by atoms with Gasteiger partial charge in [0.15, 0.2) is 0 Å². The molecule has 7 nitrogen and oxygen atoms in total. The number of rotatable bonds is 8. The van der Waals surface area contributed by atoms with Crippen LogP contribution in [0.2, 0.25) is 0 Å². The molecule has 1 aromatic heterocycles. The zero-order chi connectivity index (χ0) is 25.3. The van der Waals surface area contributed by atoms with E-state index in [1.54, 1.807) is 17.3 Å². The first-order valence-corrected chi connectivity index (χ1v) is 13.7. The molecule has 3 aromatic rings. The number of H-pyrrole nitrogens is 1. The van der Waals surface area contributed by atoms with E-state index >= 15 is 0 Å². The molecule has 188 valence electrons. The van der Waals surface area contributed by atoms with Crippen molar-refractivity contribution in [2.24, 2.45) is 5.73 Å². The summed E-state index contributed by atoms with van der Waals surface area (Å²) in [6.07, 6.45) is 3.26. The maximum atomic E-state index is 14.5. The molecule has 0 radical (unpaired) electrons. The Bertz CT molecular complexity index is 1340. The summed E-state index contributed by atoms with van der Waals surface area (Å²) in [5, 5.41) is 4.16. The van der Waals surface area contributed by atoms with Crippen molar-refractivity contribution < 1.29 is 17.6 Å². The van der Waals surface area contributed by atoms with Crippen molar-refractivity contribution >= 4 is 26.8 Å². The van der Waals surface area contributed by atoms with Crippen molar-refractivity contribution in [3.05, 3.63) is 59.0 Å². The Morgan fingerprint density at radius 1 is 1.17 bits per heavy atom. The number of aromatic nitrogens is 1. The van der Waals surface area contributed by atoms with Gasteiger partial charge in [0.1, 0.15) is 5.82 Å². The molecule has 2 aromatic carbocycles. The third-order valence-corrected chi connectivity index (χ3v) is 8.63. The molecule has 1 amide bonds. The largest absolute Gasteiger partial charge is 0.366 e. The second-order valence-corrected chi connectivity index (χ2v) is 11.8. The number of hydrogen-bond acceptors (Lipinski definition) is 4. The van der Waals surface area contributed by atoms with Crippen molar-refractivity contribution in [2.75, 3.05) is 18.8 Å². The molecule has 2 heterocycles. The second-order valence-electron chi connectivity index (χ2n) is 9.51. The smallest absolute Gasteiger partial charge is 0.250 e. The minimum atomic E-state index is -3.21. The number of aromatic amines is 1. The van der Waals surface area contributed by atoms with Crippen LogP contribution >= 0.6 is 0 Å². The van der Waals surface area contributed by atoms with Gasteiger partial charge in [0, 0.05) is 37.3 Å². The first-order chi connectivity index (χ1) is 16.6. The number of hydrogen-bond donors (Lipinski definition) is 3. The number of benzene rings is 2. The fourth-order valence-corrected chi connectivity index (χ4v) is 5.95. The van der Waals surface area contributed by atoms with Crippen LogP contribution < -0.4 is 11.1 Å². The van der Waals surface area contributed by atoms with Gasteiger partial charge >= 0.3 is 0 Å². The number of primary amides is 1.